The van der Waals surface area contributed by atoms with Gasteiger partial charge in [0.1, 0.15) is 0 Å². The van der Waals surface area contributed by atoms with Crippen LogP contribution in [0.4, 0.5) is 0 Å². The van der Waals surface area contributed by atoms with Crippen molar-refractivity contribution in [1.82, 2.24) is 16.0 Å². The molecule has 0 aromatic carbocycles. The first-order valence-electron chi connectivity index (χ1n) is 17.3. The Bertz CT molecular complexity index is 815. The minimum atomic E-state index is 0.205. The zero-order chi connectivity index (χ0) is 28.8. The summed E-state index contributed by atoms with van der Waals surface area (Å²) in [5, 5.41) is 10.6. The van der Waals surface area contributed by atoms with Crippen LogP contribution in [-0.4, -0.2) is 44.2 Å². The van der Waals surface area contributed by atoms with Gasteiger partial charge in [0.2, 0.25) is 5.91 Å². The van der Waals surface area contributed by atoms with Crippen molar-refractivity contribution in [1.29, 1.82) is 0 Å². The summed E-state index contributed by atoms with van der Waals surface area (Å²) in [6.45, 7) is 17.9. The minimum absolute atomic E-state index is 0.205. The van der Waals surface area contributed by atoms with E-state index in [0.29, 0.717) is 29.1 Å². The maximum absolute atomic E-state index is 12.4. The Kier molecular flexibility index (Phi) is 11.6. The maximum atomic E-state index is 12.4. The predicted octanol–water partition coefficient (Wildman–Crippen LogP) is 6.43. The van der Waals surface area contributed by atoms with Crippen molar-refractivity contribution in [3.63, 3.8) is 0 Å². The van der Waals surface area contributed by atoms with Crippen molar-refractivity contribution < 1.29 is 4.79 Å². The fraction of sp³-hybridized carbons (Fsp3) is 0.914. The lowest BCUT2D eigenvalue weighted by Crippen LogP contribution is -2.55. The molecule has 0 aromatic heterocycles. The SMILES string of the molecule is C=C[C@H](CCC(=O)NC(C)C)[C@H]1CCC2C3CCC4C[C@@H](NCCCNCCCCN)CC[C@]4(C)C3CC[C@@]21C. The van der Waals surface area contributed by atoms with E-state index in [4.69, 9.17) is 5.73 Å². The largest absolute Gasteiger partial charge is 0.354 e. The summed E-state index contributed by atoms with van der Waals surface area (Å²) in [5.74, 6) is 4.97. The topological polar surface area (TPSA) is 79.2 Å². The molecule has 9 atom stereocenters. The van der Waals surface area contributed by atoms with Crippen molar-refractivity contribution in [2.24, 2.45) is 52.1 Å². The molecule has 0 heterocycles. The first-order chi connectivity index (χ1) is 19.2. The highest BCUT2D eigenvalue weighted by atomic mass is 16.1. The number of carbonyl (C=O) groups excluding carboxylic acids is 1. The van der Waals surface area contributed by atoms with E-state index >= 15 is 0 Å². The van der Waals surface area contributed by atoms with Gasteiger partial charge in [0.15, 0.2) is 0 Å². The number of hydrogen-bond donors (Lipinski definition) is 4. The fourth-order valence-corrected chi connectivity index (χ4v) is 10.4. The van der Waals surface area contributed by atoms with E-state index in [1.807, 2.05) is 13.8 Å². The Balaban J connectivity index is 1.28. The molecule has 0 bridgehead atoms. The molecule has 0 saturated heterocycles. The highest BCUT2D eigenvalue weighted by Gasteiger charge is 2.60. The van der Waals surface area contributed by atoms with Crippen LogP contribution in [0.15, 0.2) is 12.7 Å². The van der Waals surface area contributed by atoms with Crippen molar-refractivity contribution >= 4 is 5.91 Å². The van der Waals surface area contributed by atoms with Gasteiger partial charge in [-0.2, -0.15) is 0 Å². The van der Waals surface area contributed by atoms with E-state index in [0.717, 1.165) is 68.7 Å². The van der Waals surface area contributed by atoms with E-state index in [1.165, 1.54) is 70.6 Å². The summed E-state index contributed by atoms with van der Waals surface area (Å²) in [6, 6.07) is 0.942. The number of carbonyl (C=O) groups is 1. The van der Waals surface area contributed by atoms with Gasteiger partial charge in [0.25, 0.3) is 0 Å². The number of nitrogens with two attached hydrogens (primary N) is 1. The quantitative estimate of drug-likeness (QED) is 0.138. The third kappa shape index (κ3) is 7.17. The molecule has 4 saturated carbocycles. The van der Waals surface area contributed by atoms with Crippen LogP contribution in [0, 0.1) is 46.3 Å². The van der Waals surface area contributed by atoms with Gasteiger partial charge >= 0.3 is 0 Å². The van der Waals surface area contributed by atoms with Crippen LogP contribution >= 0.6 is 0 Å². The Morgan fingerprint density at radius 1 is 0.950 bits per heavy atom. The summed E-state index contributed by atoms with van der Waals surface area (Å²) in [5.41, 5.74) is 6.56. The van der Waals surface area contributed by atoms with Gasteiger partial charge in [-0.3, -0.25) is 4.79 Å². The van der Waals surface area contributed by atoms with Gasteiger partial charge in [-0.25, -0.2) is 0 Å². The molecule has 4 aliphatic rings. The average molecular weight is 557 g/mol. The maximum Gasteiger partial charge on any atom is 0.220 e. The summed E-state index contributed by atoms with van der Waals surface area (Å²) in [6.07, 6.45) is 20.0. The molecule has 0 aliphatic heterocycles. The lowest BCUT2D eigenvalue weighted by atomic mass is 9.44. The van der Waals surface area contributed by atoms with Crippen LogP contribution in [0.2, 0.25) is 0 Å². The average Bonchev–Trinajstić information content (AvgIpc) is 3.27. The second-order valence-electron chi connectivity index (χ2n) is 15.1. The predicted molar refractivity (Wildman–Crippen MR) is 169 cm³/mol. The van der Waals surface area contributed by atoms with E-state index in [1.54, 1.807) is 0 Å². The number of fused-ring (bicyclic) bond motifs is 5. The molecule has 40 heavy (non-hydrogen) atoms. The highest BCUT2D eigenvalue weighted by molar-refractivity contribution is 5.76. The Labute approximate surface area is 247 Å². The third-order valence-electron chi connectivity index (χ3n) is 12.5. The van der Waals surface area contributed by atoms with Crippen molar-refractivity contribution in [3.05, 3.63) is 12.7 Å². The van der Waals surface area contributed by atoms with Crippen LogP contribution in [0.1, 0.15) is 118 Å². The lowest BCUT2D eigenvalue weighted by molar-refractivity contribution is -0.123. The summed E-state index contributed by atoms with van der Waals surface area (Å²) in [7, 11) is 0. The van der Waals surface area contributed by atoms with Gasteiger partial charge in [-0.05, 0) is 170 Å². The standard InChI is InChI=1S/C35H64N4O/c1-6-26(10-15-33(40)39-25(2)3)30-13-14-31-29-12-11-27-24-28(38-23-9-22-37-21-8-7-20-36)16-18-34(27,4)32(29)17-19-35(30,31)5/h6,25-32,37-38H,1,7-24,36H2,2-5H3,(H,39,40)/t26-,27?,28+,29?,30-,31?,32?,34+,35-/m1/s1. The van der Waals surface area contributed by atoms with Crippen molar-refractivity contribution in [2.75, 3.05) is 26.2 Å². The lowest BCUT2D eigenvalue weighted by Gasteiger charge is -2.61. The molecule has 0 spiro atoms. The van der Waals surface area contributed by atoms with E-state index in [-0.39, 0.29) is 11.9 Å². The number of allylic oxidation sites excluding steroid dienone is 1. The Hall–Kier alpha value is -0.910. The molecular formula is C35H64N4O. The van der Waals surface area contributed by atoms with Crippen LogP contribution in [0.25, 0.3) is 0 Å². The molecule has 0 radical (unpaired) electrons. The van der Waals surface area contributed by atoms with Crippen LogP contribution in [0.5, 0.6) is 0 Å². The smallest absolute Gasteiger partial charge is 0.220 e. The molecule has 0 aromatic rings. The summed E-state index contributed by atoms with van der Waals surface area (Å²) in [4.78, 5) is 12.4. The van der Waals surface area contributed by atoms with Gasteiger partial charge in [-0.1, -0.05) is 19.9 Å². The van der Waals surface area contributed by atoms with E-state index in [2.05, 4.69) is 42.5 Å². The van der Waals surface area contributed by atoms with Crippen LogP contribution in [-0.2, 0) is 4.79 Å². The van der Waals surface area contributed by atoms with Crippen LogP contribution < -0.4 is 21.7 Å². The van der Waals surface area contributed by atoms with Gasteiger partial charge in [0, 0.05) is 18.5 Å². The Morgan fingerprint density at radius 2 is 1.70 bits per heavy atom. The normalized spacial score (nSPS) is 37.9. The molecule has 1 amide bonds. The third-order valence-corrected chi connectivity index (χ3v) is 12.5. The first-order valence-corrected chi connectivity index (χ1v) is 17.3. The van der Waals surface area contributed by atoms with Gasteiger partial charge in [0.05, 0.1) is 0 Å². The molecule has 4 fully saturated rings. The van der Waals surface area contributed by atoms with Gasteiger partial charge < -0.3 is 21.7 Å². The molecule has 4 aliphatic carbocycles. The van der Waals surface area contributed by atoms with Crippen LogP contribution in [0.3, 0.4) is 0 Å². The van der Waals surface area contributed by atoms with Crippen molar-refractivity contribution in [2.45, 2.75) is 130 Å². The highest BCUT2D eigenvalue weighted by Crippen LogP contribution is 2.68. The van der Waals surface area contributed by atoms with E-state index in [9.17, 15) is 4.79 Å². The Morgan fingerprint density at radius 3 is 2.45 bits per heavy atom. The zero-order valence-electron chi connectivity index (χ0n) is 26.6. The number of unbranched alkanes of at least 4 members (excludes halogenated alkanes) is 1. The fourth-order valence-electron chi connectivity index (χ4n) is 10.4. The molecule has 4 unspecified atom stereocenters. The summed E-state index contributed by atoms with van der Waals surface area (Å²) >= 11 is 0. The molecular weight excluding hydrogens is 492 g/mol. The first kappa shape index (κ1) is 32.0. The van der Waals surface area contributed by atoms with E-state index < -0.39 is 0 Å². The monoisotopic (exact) mass is 557 g/mol. The second kappa shape index (κ2) is 14.5. The number of nitrogens with one attached hydrogen (secondary N) is 3. The number of amides is 1. The molecule has 5 nitrogen and oxygen atoms in total. The zero-order valence-corrected chi connectivity index (χ0v) is 26.6. The molecule has 4 rings (SSSR count). The number of rotatable bonds is 15. The van der Waals surface area contributed by atoms with Gasteiger partial charge in [-0.15, -0.1) is 6.58 Å². The second-order valence-corrected chi connectivity index (χ2v) is 15.1. The minimum Gasteiger partial charge on any atom is -0.354 e. The van der Waals surface area contributed by atoms with Crippen molar-refractivity contribution in [3.8, 4) is 0 Å². The molecule has 5 N–H and O–H groups in total. The molecule has 230 valence electrons. The number of hydrogen-bond acceptors (Lipinski definition) is 4. The molecule has 5 heteroatoms. The summed E-state index contributed by atoms with van der Waals surface area (Å²) < 4.78 is 0.